The first kappa shape index (κ1) is 30.8. The van der Waals surface area contributed by atoms with Crippen molar-refractivity contribution in [2.75, 3.05) is 6.61 Å². The largest absolute Gasteiger partial charge is 1.00 e. The Morgan fingerprint density at radius 3 is 1.86 bits per heavy atom. The molecule has 0 aliphatic heterocycles. The Hall–Kier alpha value is -0.410. The molecule has 29 heavy (non-hydrogen) atoms. The third-order valence-corrected chi connectivity index (χ3v) is 6.92. The molecule has 0 aromatic heterocycles. The van der Waals surface area contributed by atoms with Crippen molar-refractivity contribution < 1.29 is 54.8 Å². The summed E-state index contributed by atoms with van der Waals surface area (Å²) in [6.07, 6.45) is 5.01. The van der Waals surface area contributed by atoms with Gasteiger partial charge >= 0.3 is 28.3 Å². The normalized spacial score (nSPS) is 15.6. The quantitative estimate of drug-likeness (QED) is 0.185. The van der Waals surface area contributed by atoms with Gasteiger partial charge in [-0.25, -0.2) is 0 Å². The number of esters is 1. The Morgan fingerprint density at radius 2 is 1.48 bits per heavy atom. The fourth-order valence-electron chi connectivity index (χ4n) is 3.40. The zero-order valence-electron chi connectivity index (χ0n) is 18.0. The van der Waals surface area contributed by atoms with E-state index in [1.807, 2.05) is 27.7 Å². The molecule has 0 fully saturated rings. The van der Waals surface area contributed by atoms with Crippen LogP contribution in [0.5, 0.6) is 0 Å². The Bertz CT molecular complexity index is 579. The summed E-state index contributed by atoms with van der Waals surface area (Å²) < 4.78 is 37.0. The molecule has 0 saturated heterocycles. The average Bonchev–Trinajstić information content (AvgIpc) is 2.62. The number of hydrogen-bond acceptors (Lipinski definition) is 6. The minimum atomic E-state index is -5.02. The van der Waals surface area contributed by atoms with Crippen LogP contribution in [0.15, 0.2) is 0 Å². The van der Waals surface area contributed by atoms with Gasteiger partial charge in [-0.1, -0.05) is 72.6 Å². The van der Waals surface area contributed by atoms with Gasteiger partial charge in [0.1, 0.15) is 0 Å². The molecule has 0 radical (unpaired) electrons. The van der Waals surface area contributed by atoms with Gasteiger partial charge in [0.2, 0.25) is 0 Å². The second kappa shape index (κ2) is 15.4. The summed E-state index contributed by atoms with van der Waals surface area (Å²) in [6, 6.07) is 0. The maximum absolute atomic E-state index is 12.8. The molecule has 0 aliphatic rings. The van der Waals surface area contributed by atoms with Crippen molar-refractivity contribution in [1.82, 2.24) is 0 Å². The van der Waals surface area contributed by atoms with Crippen LogP contribution in [0, 0.1) is 11.8 Å². The van der Waals surface area contributed by atoms with E-state index in [9.17, 15) is 27.7 Å². The van der Waals surface area contributed by atoms with Gasteiger partial charge < -0.3 is 14.6 Å². The van der Waals surface area contributed by atoms with Crippen molar-refractivity contribution in [2.45, 2.75) is 96.7 Å². The van der Waals surface area contributed by atoms with Crippen LogP contribution in [0.3, 0.4) is 0 Å². The number of aliphatic carboxylic acids is 1. The first-order valence-corrected chi connectivity index (χ1v) is 11.9. The molecule has 0 rings (SSSR count). The molecular weight excluding hydrogens is 492 g/mol. The van der Waals surface area contributed by atoms with E-state index >= 15 is 0 Å². The Balaban J connectivity index is 0. The van der Waals surface area contributed by atoms with Crippen molar-refractivity contribution in [3.8, 4) is 0 Å². The molecule has 0 bridgehead atoms. The topological polar surface area (TPSA) is 121 Å². The van der Waals surface area contributed by atoms with Crippen molar-refractivity contribution in [3.63, 3.8) is 0 Å². The van der Waals surface area contributed by atoms with E-state index in [1.54, 1.807) is 0 Å². The number of rotatable bonds is 16. The van der Waals surface area contributed by atoms with Gasteiger partial charge in [0.15, 0.2) is 4.75 Å². The van der Waals surface area contributed by atoms with Gasteiger partial charge in [-0.2, -0.15) is 8.42 Å². The first-order valence-electron chi connectivity index (χ1n) is 10.4. The number of ether oxygens (including phenoxy) is 1. The van der Waals surface area contributed by atoms with Gasteiger partial charge in [0.05, 0.1) is 6.61 Å². The first-order chi connectivity index (χ1) is 13.1. The second-order valence-corrected chi connectivity index (χ2v) is 9.39. The molecular formula is C20H37AgO7S. The van der Waals surface area contributed by atoms with Crippen LogP contribution >= 0.6 is 0 Å². The minimum Gasteiger partial charge on any atom is -0.550 e. The van der Waals surface area contributed by atoms with Gasteiger partial charge in [0, 0.05) is 12.4 Å². The zero-order chi connectivity index (χ0) is 21.8. The van der Waals surface area contributed by atoms with Crippen LogP contribution in [0.1, 0.15) is 91.9 Å². The van der Waals surface area contributed by atoms with Crippen molar-refractivity contribution in [1.29, 1.82) is 0 Å². The van der Waals surface area contributed by atoms with Gasteiger partial charge in [-0.15, -0.1) is 0 Å². The third-order valence-electron chi connectivity index (χ3n) is 5.45. The zero-order valence-corrected chi connectivity index (χ0v) is 20.3. The second-order valence-electron chi connectivity index (χ2n) is 7.65. The van der Waals surface area contributed by atoms with E-state index in [0.717, 1.165) is 38.5 Å². The van der Waals surface area contributed by atoms with E-state index in [1.165, 1.54) is 0 Å². The number of carbonyl (C=O) groups is 2. The number of hydrogen-bond donors (Lipinski definition) is 1. The van der Waals surface area contributed by atoms with Crippen LogP contribution in [-0.2, 0) is 46.8 Å². The molecule has 3 unspecified atom stereocenters. The average molecular weight is 529 g/mol. The van der Waals surface area contributed by atoms with Crippen molar-refractivity contribution in [3.05, 3.63) is 0 Å². The van der Waals surface area contributed by atoms with Gasteiger partial charge in [-0.3, -0.25) is 9.35 Å². The number of carboxylic acids is 1. The Morgan fingerprint density at radius 1 is 1.00 bits per heavy atom. The molecule has 0 amide bonds. The predicted octanol–water partition coefficient (Wildman–Crippen LogP) is 3.12. The smallest absolute Gasteiger partial charge is 0.550 e. The van der Waals surface area contributed by atoms with Gasteiger partial charge in [-0.05, 0) is 24.7 Å². The number of carbonyl (C=O) groups excluding carboxylic acids is 2. The maximum Gasteiger partial charge on any atom is 1.00 e. The molecule has 0 spiro atoms. The van der Waals surface area contributed by atoms with Crippen LogP contribution in [0.4, 0.5) is 0 Å². The SMILES string of the molecule is CCCCC(CC)COC(=O)C(CC(=O)[O-])(CC(CC)CCCC)S(=O)(=O)O.[Ag+]. The van der Waals surface area contributed by atoms with Crippen LogP contribution in [0.25, 0.3) is 0 Å². The van der Waals surface area contributed by atoms with Gasteiger partial charge in [0.25, 0.3) is 10.1 Å². The summed E-state index contributed by atoms with van der Waals surface area (Å²) in [5.74, 6) is -3.06. The molecule has 0 heterocycles. The molecule has 7 nitrogen and oxygen atoms in total. The van der Waals surface area contributed by atoms with Crippen LogP contribution in [0.2, 0.25) is 0 Å². The molecule has 0 aromatic rings. The summed E-state index contributed by atoms with van der Waals surface area (Å²) >= 11 is 0. The minimum absolute atomic E-state index is 0. The molecule has 3 atom stereocenters. The van der Waals surface area contributed by atoms with E-state index in [-0.39, 0.29) is 47.2 Å². The Labute approximate surface area is 191 Å². The van der Waals surface area contributed by atoms with E-state index < -0.39 is 33.2 Å². The van der Waals surface area contributed by atoms with E-state index in [0.29, 0.717) is 12.8 Å². The number of unbranched alkanes of at least 4 members (excludes halogenated alkanes) is 2. The maximum atomic E-state index is 12.8. The monoisotopic (exact) mass is 528 g/mol. The third kappa shape index (κ3) is 10.4. The van der Waals surface area contributed by atoms with E-state index in [4.69, 9.17) is 4.74 Å². The molecule has 9 heteroatoms. The fraction of sp³-hybridized carbons (Fsp3) is 0.900. The van der Waals surface area contributed by atoms with E-state index in [2.05, 4.69) is 0 Å². The molecule has 0 saturated carbocycles. The molecule has 0 aromatic carbocycles. The summed E-state index contributed by atoms with van der Waals surface area (Å²) in [5.41, 5.74) is 0. The predicted molar refractivity (Wildman–Crippen MR) is 106 cm³/mol. The van der Waals surface area contributed by atoms with Crippen LogP contribution < -0.4 is 5.11 Å². The fourth-order valence-corrected chi connectivity index (χ4v) is 4.41. The molecule has 1 N–H and O–H groups in total. The summed E-state index contributed by atoms with van der Waals surface area (Å²) in [7, 11) is -5.02. The Kier molecular flexibility index (Phi) is 16.3. The summed E-state index contributed by atoms with van der Waals surface area (Å²) in [5, 5.41) is 11.3. The number of carboxylic acid groups (broad SMARTS) is 1. The molecule has 0 aliphatic carbocycles. The molecule has 176 valence electrons. The van der Waals surface area contributed by atoms with Crippen LogP contribution in [-0.4, -0.2) is 36.3 Å². The van der Waals surface area contributed by atoms with Crippen molar-refractivity contribution in [2.24, 2.45) is 11.8 Å². The standard InChI is InChI=1S/C20H38O7S.Ag/c1-5-9-11-16(7-3)13-20(14-18(21)22,28(24,25)26)19(23)27-15-17(8-4)12-10-6-2;/h16-17H,5-15H2,1-4H3,(H,21,22)(H,24,25,26);/q;+1/p-1. The summed E-state index contributed by atoms with van der Waals surface area (Å²) in [6.45, 7) is 7.83. The summed E-state index contributed by atoms with van der Waals surface area (Å²) in [4.78, 5) is 24.1. The van der Waals surface area contributed by atoms with Crippen molar-refractivity contribution >= 4 is 22.1 Å².